The number of rotatable bonds is 4. The molecule has 2 aromatic rings. The smallest absolute Gasteiger partial charge is 0.253 e. The Morgan fingerprint density at radius 3 is 2.67 bits per heavy atom. The van der Waals surface area contributed by atoms with E-state index in [4.69, 9.17) is 5.73 Å². The summed E-state index contributed by atoms with van der Waals surface area (Å²) in [5, 5.41) is 2.71. The van der Waals surface area contributed by atoms with E-state index in [9.17, 15) is 9.59 Å². The van der Waals surface area contributed by atoms with Gasteiger partial charge in [0.05, 0.1) is 5.25 Å². The molecule has 0 radical (unpaired) electrons. The number of nitrogens with one attached hydrogen (secondary N) is 2. The zero-order valence-corrected chi connectivity index (χ0v) is 12.5. The molecule has 2 rings (SSSR count). The zero-order valence-electron chi connectivity index (χ0n) is 11.7. The molecule has 0 saturated heterocycles. The van der Waals surface area contributed by atoms with Crippen molar-refractivity contribution in [3.8, 4) is 0 Å². The number of aryl methyl sites for hydroxylation is 1. The van der Waals surface area contributed by atoms with Gasteiger partial charge in [-0.25, -0.2) is 4.98 Å². The van der Waals surface area contributed by atoms with Crippen LogP contribution in [0.25, 0.3) is 0 Å². The van der Waals surface area contributed by atoms with E-state index in [0.717, 1.165) is 23.0 Å². The lowest BCUT2D eigenvalue weighted by atomic mass is 10.2. The third-order valence-corrected chi connectivity index (χ3v) is 3.70. The van der Waals surface area contributed by atoms with Crippen molar-refractivity contribution < 1.29 is 4.79 Å². The Labute approximate surface area is 126 Å². The van der Waals surface area contributed by atoms with E-state index >= 15 is 0 Å². The quantitative estimate of drug-likeness (QED) is 0.590. The standard InChI is InChI=1S/C14H16N4O2S/c1-8-3-5-10(6-4-8)16-13(20)9(2)21-14-17-11(15)7-12(19)18-14/h3-7,9H,1-2H3,(H,16,20)(H3,15,17,18,19). The molecule has 1 aromatic heterocycles. The van der Waals surface area contributed by atoms with Gasteiger partial charge in [0.15, 0.2) is 5.16 Å². The predicted octanol–water partition coefficient (Wildman–Crippen LogP) is 1.78. The van der Waals surface area contributed by atoms with Crippen molar-refractivity contribution in [3.05, 3.63) is 46.2 Å². The number of hydrogen-bond acceptors (Lipinski definition) is 5. The molecule has 1 amide bonds. The summed E-state index contributed by atoms with van der Waals surface area (Å²) in [7, 11) is 0. The second-order valence-electron chi connectivity index (χ2n) is 4.59. The van der Waals surface area contributed by atoms with Crippen molar-refractivity contribution >= 4 is 29.2 Å². The van der Waals surface area contributed by atoms with Crippen LogP contribution in [0.4, 0.5) is 11.5 Å². The van der Waals surface area contributed by atoms with E-state index in [2.05, 4.69) is 15.3 Å². The molecule has 0 aliphatic carbocycles. The Morgan fingerprint density at radius 2 is 2.05 bits per heavy atom. The van der Waals surface area contributed by atoms with Crippen molar-refractivity contribution in [1.29, 1.82) is 0 Å². The number of thioether (sulfide) groups is 1. The van der Waals surface area contributed by atoms with Gasteiger partial charge in [0, 0.05) is 11.8 Å². The fourth-order valence-corrected chi connectivity index (χ4v) is 2.43. The molecule has 21 heavy (non-hydrogen) atoms. The molecule has 1 atom stereocenters. The van der Waals surface area contributed by atoms with Gasteiger partial charge < -0.3 is 16.0 Å². The highest BCUT2D eigenvalue weighted by molar-refractivity contribution is 8.00. The molecule has 0 bridgehead atoms. The van der Waals surface area contributed by atoms with Gasteiger partial charge in [-0.2, -0.15) is 0 Å². The zero-order chi connectivity index (χ0) is 15.4. The van der Waals surface area contributed by atoms with Crippen LogP contribution in [0.15, 0.2) is 40.3 Å². The normalized spacial score (nSPS) is 11.9. The largest absolute Gasteiger partial charge is 0.383 e. The Morgan fingerprint density at radius 1 is 1.38 bits per heavy atom. The van der Waals surface area contributed by atoms with Crippen LogP contribution < -0.4 is 16.6 Å². The first-order valence-electron chi connectivity index (χ1n) is 6.35. The maximum Gasteiger partial charge on any atom is 0.253 e. The summed E-state index contributed by atoms with van der Waals surface area (Å²) in [5.41, 5.74) is 7.02. The molecule has 1 heterocycles. The van der Waals surface area contributed by atoms with Gasteiger partial charge in [-0.1, -0.05) is 29.5 Å². The van der Waals surface area contributed by atoms with Crippen molar-refractivity contribution in [1.82, 2.24) is 9.97 Å². The first kappa shape index (κ1) is 15.1. The molecule has 0 aliphatic rings. The van der Waals surface area contributed by atoms with Crippen molar-refractivity contribution in [2.24, 2.45) is 0 Å². The average molecular weight is 304 g/mol. The van der Waals surface area contributed by atoms with Crippen molar-refractivity contribution in [2.75, 3.05) is 11.1 Å². The van der Waals surface area contributed by atoms with E-state index in [1.165, 1.54) is 6.07 Å². The summed E-state index contributed by atoms with van der Waals surface area (Å²) in [6.45, 7) is 3.71. The van der Waals surface area contributed by atoms with Gasteiger partial charge in [0.25, 0.3) is 5.56 Å². The molecular formula is C14H16N4O2S. The molecule has 0 aliphatic heterocycles. The van der Waals surface area contributed by atoms with Gasteiger partial charge in [0.2, 0.25) is 5.91 Å². The number of benzene rings is 1. The number of anilines is 2. The number of hydrogen-bond donors (Lipinski definition) is 3. The van der Waals surface area contributed by atoms with Crippen LogP contribution in [0.2, 0.25) is 0 Å². The summed E-state index contributed by atoms with van der Waals surface area (Å²) in [6, 6.07) is 8.71. The second kappa shape index (κ2) is 6.45. The average Bonchev–Trinajstić information content (AvgIpc) is 2.40. The summed E-state index contributed by atoms with van der Waals surface area (Å²) in [5.74, 6) is -0.0404. The summed E-state index contributed by atoms with van der Waals surface area (Å²) >= 11 is 1.14. The van der Waals surface area contributed by atoms with Crippen LogP contribution in [0.1, 0.15) is 12.5 Å². The number of amides is 1. The van der Waals surface area contributed by atoms with E-state index in [-0.39, 0.29) is 17.3 Å². The fraction of sp³-hybridized carbons (Fsp3) is 0.214. The van der Waals surface area contributed by atoms with Crippen LogP contribution in [0, 0.1) is 6.92 Å². The first-order valence-corrected chi connectivity index (χ1v) is 7.23. The molecular weight excluding hydrogens is 288 g/mol. The number of aromatic amines is 1. The molecule has 7 heteroatoms. The Balaban J connectivity index is 2.02. The Hall–Kier alpha value is -2.28. The highest BCUT2D eigenvalue weighted by Crippen LogP contribution is 2.20. The maximum absolute atomic E-state index is 12.1. The SMILES string of the molecule is Cc1ccc(NC(=O)C(C)Sc2nc(N)cc(=O)[nH]2)cc1. The first-order chi connectivity index (χ1) is 9.94. The van der Waals surface area contributed by atoms with Gasteiger partial charge in [-0.3, -0.25) is 9.59 Å². The van der Waals surface area contributed by atoms with E-state index in [0.29, 0.717) is 5.16 Å². The number of nitrogens with zero attached hydrogens (tertiary/aromatic N) is 1. The lowest BCUT2D eigenvalue weighted by molar-refractivity contribution is -0.115. The van der Waals surface area contributed by atoms with Crippen LogP contribution >= 0.6 is 11.8 Å². The number of H-pyrrole nitrogens is 1. The number of aromatic nitrogens is 2. The van der Waals surface area contributed by atoms with Gasteiger partial charge in [0.1, 0.15) is 5.82 Å². The molecule has 1 unspecified atom stereocenters. The molecule has 0 saturated carbocycles. The minimum atomic E-state index is -0.420. The minimum Gasteiger partial charge on any atom is -0.383 e. The maximum atomic E-state index is 12.1. The molecule has 1 aromatic carbocycles. The lowest BCUT2D eigenvalue weighted by Crippen LogP contribution is -2.23. The van der Waals surface area contributed by atoms with Crippen LogP contribution in [0.5, 0.6) is 0 Å². The van der Waals surface area contributed by atoms with E-state index in [1.54, 1.807) is 6.92 Å². The summed E-state index contributed by atoms with van der Waals surface area (Å²) < 4.78 is 0. The molecule has 0 spiro atoms. The number of nitrogens with two attached hydrogens (primary N) is 1. The van der Waals surface area contributed by atoms with Crippen molar-refractivity contribution in [3.63, 3.8) is 0 Å². The highest BCUT2D eigenvalue weighted by Gasteiger charge is 2.16. The van der Waals surface area contributed by atoms with Crippen LogP contribution in [-0.2, 0) is 4.79 Å². The topological polar surface area (TPSA) is 101 Å². The predicted molar refractivity (Wildman–Crippen MR) is 84.4 cm³/mol. The monoisotopic (exact) mass is 304 g/mol. The van der Waals surface area contributed by atoms with Crippen LogP contribution in [0.3, 0.4) is 0 Å². The van der Waals surface area contributed by atoms with E-state index < -0.39 is 5.25 Å². The highest BCUT2D eigenvalue weighted by atomic mass is 32.2. The third kappa shape index (κ3) is 4.35. The minimum absolute atomic E-state index is 0.132. The molecule has 6 nitrogen and oxygen atoms in total. The summed E-state index contributed by atoms with van der Waals surface area (Å²) in [4.78, 5) is 29.9. The van der Waals surface area contributed by atoms with E-state index in [1.807, 2.05) is 31.2 Å². The van der Waals surface area contributed by atoms with Gasteiger partial charge >= 0.3 is 0 Å². The summed E-state index contributed by atoms with van der Waals surface area (Å²) in [6.07, 6.45) is 0. The fourth-order valence-electron chi connectivity index (χ4n) is 1.61. The number of nitrogen functional groups attached to an aromatic ring is 1. The number of carbonyl (C=O) groups excluding carboxylic acids is 1. The number of carbonyl (C=O) groups is 1. The third-order valence-electron chi connectivity index (χ3n) is 2.72. The van der Waals surface area contributed by atoms with Gasteiger partial charge in [-0.05, 0) is 26.0 Å². The van der Waals surface area contributed by atoms with Gasteiger partial charge in [-0.15, -0.1) is 0 Å². The van der Waals surface area contributed by atoms with Crippen molar-refractivity contribution in [2.45, 2.75) is 24.3 Å². The Kier molecular flexibility index (Phi) is 4.64. The Bertz CT molecular complexity index is 697. The van der Waals surface area contributed by atoms with Crippen LogP contribution in [-0.4, -0.2) is 21.1 Å². The molecule has 4 N–H and O–H groups in total. The molecule has 110 valence electrons. The second-order valence-corrected chi connectivity index (χ2v) is 5.92. The molecule has 0 fully saturated rings. The lowest BCUT2D eigenvalue weighted by Gasteiger charge is -2.11.